The Morgan fingerprint density at radius 1 is 1.56 bits per heavy atom. The quantitative estimate of drug-likeness (QED) is 0.816. The average molecular weight is 221 g/mol. The summed E-state index contributed by atoms with van der Waals surface area (Å²) in [6, 6.07) is 1.80. The first-order valence-corrected chi connectivity index (χ1v) is 5.21. The zero-order valence-electron chi connectivity index (χ0n) is 9.43. The number of primary amides is 1. The van der Waals surface area contributed by atoms with Gasteiger partial charge in [-0.2, -0.15) is 0 Å². The number of pyridine rings is 1. The minimum atomic E-state index is -0.555. The predicted molar refractivity (Wildman–Crippen MR) is 60.7 cm³/mol. The summed E-state index contributed by atoms with van der Waals surface area (Å²) in [7, 11) is 3.81. The van der Waals surface area contributed by atoms with Gasteiger partial charge in [-0.1, -0.05) is 0 Å². The molecule has 0 unspecified atom stereocenters. The van der Waals surface area contributed by atoms with Crippen LogP contribution in [0.1, 0.15) is 23.3 Å². The van der Waals surface area contributed by atoms with Crippen LogP contribution in [-0.2, 0) is 0 Å². The lowest BCUT2D eigenvalue weighted by molar-refractivity contribution is 0.0991. The number of carbonyl (C=O) groups is 1. The molecular weight excluding hydrogens is 206 g/mol. The molecular formula is C11H15N3O2. The first-order valence-electron chi connectivity index (χ1n) is 5.21. The van der Waals surface area contributed by atoms with Crippen molar-refractivity contribution in [3.63, 3.8) is 0 Å². The number of anilines is 1. The van der Waals surface area contributed by atoms with Gasteiger partial charge in [0.15, 0.2) is 11.4 Å². The summed E-state index contributed by atoms with van der Waals surface area (Å²) in [5.41, 5.74) is 6.34. The molecule has 16 heavy (non-hydrogen) atoms. The van der Waals surface area contributed by atoms with E-state index in [1.54, 1.807) is 12.3 Å². The van der Waals surface area contributed by atoms with E-state index < -0.39 is 5.91 Å². The molecule has 1 aliphatic rings. The Labute approximate surface area is 94.2 Å². The molecule has 1 fully saturated rings. The molecule has 0 atom stereocenters. The highest BCUT2D eigenvalue weighted by Crippen LogP contribution is 2.30. The second-order valence-corrected chi connectivity index (χ2v) is 4.12. The van der Waals surface area contributed by atoms with Gasteiger partial charge in [0.1, 0.15) is 0 Å². The molecule has 0 radical (unpaired) electrons. The SMILES string of the molecule is CN(C)c1cnc(C(N)=O)c(OC2CC2)c1. The third-order valence-corrected chi connectivity index (χ3v) is 2.41. The average Bonchev–Trinajstić information content (AvgIpc) is 3.01. The van der Waals surface area contributed by atoms with Crippen molar-refractivity contribution >= 4 is 11.6 Å². The molecule has 1 aliphatic carbocycles. The number of nitrogens with zero attached hydrogens (tertiary/aromatic N) is 2. The first-order chi connectivity index (χ1) is 7.58. The Morgan fingerprint density at radius 2 is 2.25 bits per heavy atom. The number of amides is 1. The summed E-state index contributed by atoms with van der Waals surface area (Å²) >= 11 is 0. The van der Waals surface area contributed by atoms with Crippen LogP contribution in [0.3, 0.4) is 0 Å². The van der Waals surface area contributed by atoms with Crippen LogP contribution in [0.5, 0.6) is 5.75 Å². The number of rotatable bonds is 4. The molecule has 1 saturated carbocycles. The Morgan fingerprint density at radius 3 is 2.75 bits per heavy atom. The Hall–Kier alpha value is -1.78. The molecule has 0 aliphatic heterocycles. The summed E-state index contributed by atoms with van der Waals surface area (Å²) in [4.78, 5) is 17.1. The van der Waals surface area contributed by atoms with Gasteiger partial charge >= 0.3 is 0 Å². The van der Waals surface area contributed by atoms with Crippen molar-refractivity contribution in [1.29, 1.82) is 0 Å². The molecule has 1 heterocycles. The minimum Gasteiger partial charge on any atom is -0.488 e. The van der Waals surface area contributed by atoms with Crippen molar-refractivity contribution in [2.75, 3.05) is 19.0 Å². The number of aromatic nitrogens is 1. The maximum Gasteiger partial charge on any atom is 0.271 e. The van der Waals surface area contributed by atoms with E-state index in [0.717, 1.165) is 18.5 Å². The molecule has 0 bridgehead atoms. The highest BCUT2D eigenvalue weighted by Gasteiger charge is 2.26. The summed E-state index contributed by atoms with van der Waals surface area (Å²) in [6.45, 7) is 0. The van der Waals surface area contributed by atoms with Crippen molar-refractivity contribution in [1.82, 2.24) is 4.98 Å². The van der Waals surface area contributed by atoms with E-state index in [-0.39, 0.29) is 11.8 Å². The molecule has 86 valence electrons. The normalized spacial score (nSPS) is 14.6. The van der Waals surface area contributed by atoms with Crippen LogP contribution in [-0.4, -0.2) is 31.1 Å². The number of ether oxygens (including phenoxy) is 1. The molecule has 1 aromatic rings. The smallest absolute Gasteiger partial charge is 0.271 e. The third-order valence-electron chi connectivity index (χ3n) is 2.41. The van der Waals surface area contributed by atoms with Crippen molar-refractivity contribution in [3.05, 3.63) is 18.0 Å². The molecule has 5 heteroatoms. The number of nitrogens with two attached hydrogens (primary N) is 1. The van der Waals surface area contributed by atoms with Crippen LogP contribution in [0.2, 0.25) is 0 Å². The van der Waals surface area contributed by atoms with E-state index >= 15 is 0 Å². The highest BCUT2D eigenvalue weighted by atomic mass is 16.5. The van der Waals surface area contributed by atoms with Gasteiger partial charge in [-0.25, -0.2) is 4.98 Å². The van der Waals surface area contributed by atoms with Gasteiger partial charge in [-0.3, -0.25) is 4.79 Å². The Bertz CT molecular complexity index is 414. The standard InChI is InChI=1S/C11H15N3O2/c1-14(2)7-5-9(16-8-3-4-8)10(11(12)15)13-6-7/h5-6,8H,3-4H2,1-2H3,(H2,12,15). The summed E-state index contributed by atoms with van der Waals surface area (Å²) < 4.78 is 5.62. The molecule has 1 amide bonds. The topological polar surface area (TPSA) is 68.5 Å². The first kappa shape index (κ1) is 10.7. The molecule has 2 N–H and O–H groups in total. The van der Waals surface area contributed by atoms with Crippen LogP contribution in [0, 0.1) is 0 Å². The van der Waals surface area contributed by atoms with Crippen LogP contribution in [0.4, 0.5) is 5.69 Å². The maximum atomic E-state index is 11.2. The van der Waals surface area contributed by atoms with E-state index in [1.807, 2.05) is 19.0 Å². The fraction of sp³-hybridized carbons (Fsp3) is 0.455. The van der Waals surface area contributed by atoms with E-state index in [2.05, 4.69) is 4.98 Å². The van der Waals surface area contributed by atoms with E-state index in [1.165, 1.54) is 0 Å². The second-order valence-electron chi connectivity index (χ2n) is 4.12. The van der Waals surface area contributed by atoms with Crippen LogP contribution in [0.25, 0.3) is 0 Å². The number of hydrogen-bond donors (Lipinski definition) is 1. The summed E-state index contributed by atoms with van der Waals surface area (Å²) in [5, 5.41) is 0. The van der Waals surface area contributed by atoms with Crippen LogP contribution < -0.4 is 15.4 Å². The van der Waals surface area contributed by atoms with Crippen molar-refractivity contribution < 1.29 is 9.53 Å². The lowest BCUT2D eigenvalue weighted by Gasteiger charge is -2.15. The Balaban J connectivity index is 2.33. The van der Waals surface area contributed by atoms with Gasteiger partial charge in [-0.05, 0) is 12.8 Å². The molecule has 0 spiro atoms. The van der Waals surface area contributed by atoms with Crippen molar-refractivity contribution in [3.8, 4) is 5.75 Å². The van der Waals surface area contributed by atoms with Gasteiger partial charge in [0.25, 0.3) is 5.91 Å². The number of carbonyl (C=O) groups excluding carboxylic acids is 1. The molecule has 2 rings (SSSR count). The molecule has 1 aromatic heterocycles. The van der Waals surface area contributed by atoms with E-state index in [0.29, 0.717) is 5.75 Å². The van der Waals surface area contributed by atoms with Gasteiger partial charge in [0.05, 0.1) is 18.0 Å². The van der Waals surface area contributed by atoms with Gasteiger partial charge < -0.3 is 15.4 Å². The third kappa shape index (κ3) is 2.24. The minimum absolute atomic E-state index is 0.206. The fourth-order valence-corrected chi connectivity index (χ4v) is 1.32. The van der Waals surface area contributed by atoms with Crippen LogP contribution >= 0.6 is 0 Å². The number of hydrogen-bond acceptors (Lipinski definition) is 4. The molecule has 0 aromatic carbocycles. The second kappa shape index (κ2) is 4.00. The highest BCUT2D eigenvalue weighted by molar-refractivity contribution is 5.94. The lowest BCUT2D eigenvalue weighted by Crippen LogP contribution is -2.17. The predicted octanol–water partition coefficient (Wildman–Crippen LogP) is 0.788. The van der Waals surface area contributed by atoms with Crippen molar-refractivity contribution in [2.24, 2.45) is 5.73 Å². The monoisotopic (exact) mass is 221 g/mol. The Kier molecular flexibility index (Phi) is 2.68. The van der Waals surface area contributed by atoms with E-state index in [4.69, 9.17) is 10.5 Å². The van der Waals surface area contributed by atoms with Gasteiger partial charge in [0, 0.05) is 20.2 Å². The van der Waals surface area contributed by atoms with Crippen molar-refractivity contribution in [2.45, 2.75) is 18.9 Å². The largest absolute Gasteiger partial charge is 0.488 e. The zero-order chi connectivity index (χ0) is 11.7. The molecule has 0 saturated heterocycles. The summed E-state index contributed by atoms with van der Waals surface area (Å²) in [6.07, 6.45) is 3.89. The summed E-state index contributed by atoms with van der Waals surface area (Å²) in [5.74, 6) is -0.0674. The lowest BCUT2D eigenvalue weighted by atomic mass is 10.3. The maximum absolute atomic E-state index is 11.2. The van der Waals surface area contributed by atoms with Gasteiger partial charge in [-0.15, -0.1) is 0 Å². The van der Waals surface area contributed by atoms with Crippen LogP contribution in [0.15, 0.2) is 12.3 Å². The molecule has 5 nitrogen and oxygen atoms in total. The zero-order valence-corrected chi connectivity index (χ0v) is 9.43. The van der Waals surface area contributed by atoms with Gasteiger partial charge in [0.2, 0.25) is 0 Å². The fourth-order valence-electron chi connectivity index (χ4n) is 1.32. The van der Waals surface area contributed by atoms with E-state index in [9.17, 15) is 4.79 Å².